The molecular formula is C10H24N2O3S. The fraction of sp³-hybridized carbons (Fsp3) is 1.00. The zero-order chi connectivity index (χ0) is 12.4. The zero-order valence-electron chi connectivity index (χ0n) is 10.5. The van der Waals surface area contributed by atoms with E-state index in [-0.39, 0.29) is 0 Å². The van der Waals surface area contributed by atoms with Gasteiger partial charge < -0.3 is 10.1 Å². The van der Waals surface area contributed by atoms with Gasteiger partial charge in [0.1, 0.15) is 0 Å². The molecule has 0 aliphatic rings. The van der Waals surface area contributed by atoms with Crippen LogP contribution >= 0.6 is 0 Å². The Morgan fingerprint density at radius 3 is 2.38 bits per heavy atom. The lowest BCUT2D eigenvalue weighted by molar-refractivity contribution is 0.194. The lowest BCUT2D eigenvalue weighted by Gasteiger charge is -2.17. The molecule has 0 aliphatic heterocycles. The van der Waals surface area contributed by atoms with Crippen LogP contribution in [0.5, 0.6) is 0 Å². The summed E-state index contributed by atoms with van der Waals surface area (Å²) in [4.78, 5) is 0. The Bertz CT molecular complexity index is 255. The van der Waals surface area contributed by atoms with E-state index in [1.165, 1.54) is 10.6 Å². The number of ether oxygens (including phenoxy) is 1. The molecule has 0 saturated carbocycles. The number of hydrogen-bond acceptors (Lipinski definition) is 4. The minimum absolute atomic E-state index is 0.544. The van der Waals surface area contributed by atoms with E-state index in [0.29, 0.717) is 13.1 Å². The standard InChI is InChI=1S/C10H24N2O3S/c1-4-12(16(3,13)14)9-5-7-11-8-6-10-15-2/h11H,4-10H2,1-3H3. The Kier molecular flexibility index (Phi) is 8.83. The highest BCUT2D eigenvalue weighted by Gasteiger charge is 2.12. The van der Waals surface area contributed by atoms with Crippen molar-refractivity contribution in [2.75, 3.05) is 46.2 Å². The summed E-state index contributed by atoms with van der Waals surface area (Å²) in [6.45, 7) is 5.51. The van der Waals surface area contributed by atoms with Gasteiger partial charge in [0.05, 0.1) is 6.26 Å². The van der Waals surface area contributed by atoms with Gasteiger partial charge in [-0.3, -0.25) is 0 Å². The number of nitrogens with zero attached hydrogens (tertiary/aromatic N) is 1. The van der Waals surface area contributed by atoms with Crippen LogP contribution in [0.1, 0.15) is 19.8 Å². The van der Waals surface area contributed by atoms with Gasteiger partial charge in [0, 0.05) is 26.8 Å². The van der Waals surface area contributed by atoms with Crippen LogP contribution in [-0.4, -0.2) is 58.9 Å². The van der Waals surface area contributed by atoms with Crippen molar-refractivity contribution in [1.29, 1.82) is 0 Å². The minimum Gasteiger partial charge on any atom is -0.385 e. The van der Waals surface area contributed by atoms with E-state index in [4.69, 9.17) is 4.74 Å². The Hall–Kier alpha value is -0.170. The molecule has 98 valence electrons. The second-order valence-corrected chi connectivity index (χ2v) is 5.69. The summed E-state index contributed by atoms with van der Waals surface area (Å²) in [5, 5.41) is 3.25. The van der Waals surface area contributed by atoms with E-state index >= 15 is 0 Å². The summed E-state index contributed by atoms with van der Waals surface area (Å²) in [7, 11) is -1.35. The highest BCUT2D eigenvalue weighted by Crippen LogP contribution is 1.97. The molecular weight excluding hydrogens is 228 g/mol. The third kappa shape index (κ3) is 8.04. The van der Waals surface area contributed by atoms with E-state index in [2.05, 4.69) is 5.32 Å². The third-order valence-electron chi connectivity index (χ3n) is 2.28. The van der Waals surface area contributed by atoms with Crippen LogP contribution in [0, 0.1) is 0 Å². The topological polar surface area (TPSA) is 58.6 Å². The number of sulfonamides is 1. The first-order chi connectivity index (χ1) is 7.52. The molecule has 0 atom stereocenters. The van der Waals surface area contributed by atoms with Gasteiger partial charge in [-0.05, 0) is 25.9 Å². The Morgan fingerprint density at radius 1 is 1.25 bits per heavy atom. The van der Waals surface area contributed by atoms with Crippen LogP contribution in [0.2, 0.25) is 0 Å². The van der Waals surface area contributed by atoms with Gasteiger partial charge in [-0.2, -0.15) is 0 Å². The van der Waals surface area contributed by atoms with E-state index < -0.39 is 10.0 Å². The maximum atomic E-state index is 11.3. The van der Waals surface area contributed by atoms with Crippen molar-refractivity contribution < 1.29 is 13.2 Å². The average molecular weight is 252 g/mol. The molecule has 0 aromatic heterocycles. The zero-order valence-corrected chi connectivity index (χ0v) is 11.3. The van der Waals surface area contributed by atoms with Gasteiger partial charge in [0.2, 0.25) is 10.0 Å². The fourth-order valence-corrected chi connectivity index (χ4v) is 2.34. The number of nitrogens with one attached hydrogen (secondary N) is 1. The summed E-state index contributed by atoms with van der Waals surface area (Å²) in [6.07, 6.45) is 3.08. The van der Waals surface area contributed by atoms with Crippen LogP contribution in [0.15, 0.2) is 0 Å². The fourth-order valence-electron chi connectivity index (χ4n) is 1.41. The second kappa shape index (κ2) is 8.92. The van der Waals surface area contributed by atoms with E-state index in [1.807, 2.05) is 6.92 Å². The summed E-state index contributed by atoms with van der Waals surface area (Å²) in [6, 6.07) is 0. The third-order valence-corrected chi connectivity index (χ3v) is 3.66. The van der Waals surface area contributed by atoms with Gasteiger partial charge in [-0.15, -0.1) is 0 Å². The SMILES string of the molecule is CCN(CCCNCCCOC)S(C)(=O)=O. The van der Waals surface area contributed by atoms with Gasteiger partial charge in [-0.1, -0.05) is 6.92 Å². The van der Waals surface area contributed by atoms with Crippen LogP contribution in [0.4, 0.5) is 0 Å². The van der Waals surface area contributed by atoms with E-state index in [9.17, 15) is 8.42 Å². The monoisotopic (exact) mass is 252 g/mol. The highest BCUT2D eigenvalue weighted by atomic mass is 32.2. The molecule has 0 aliphatic carbocycles. The number of rotatable bonds is 10. The molecule has 5 nitrogen and oxygen atoms in total. The first kappa shape index (κ1) is 15.8. The molecule has 6 heteroatoms. The largest absolute Gasteiger partial charge is 0.385 e. The Morgan fingerprint density at radius 2 is 1.88 bits per heavy atom. The maximum absolute atomic E-state index is 11.3. The molecule has 0 aromatic carbocycles. The van der Waals surface area contributed by atoms with Crippen molar-refractivity contribution >= 4 is 10.0 Å². The predicted octanol–water partition coefficient (Wildman–Crippen LogP) is 0.284. The van der Waals surface area contributed by atoms with Crippen molar-refractivity contribution in [3.63, 3.8) is 0 Å². The molecule has 0 radical (unpaired) electrons. The van der Waals surface area contributed by atoms with Crippen molar-refractivity contribution in [2.45, 2.75) is 19.8 Å². The molecule has 1 N–H and O–H groups in total. The lowest BCUT2D eigenvalue weighted by Crippen LogP contribution is -2.32. The number of methoxy groups -OCH3 is 1. The quantitative estimate of drug-likeness (QED) is 0.568. The first-order valence-corrected chi connectivity index (χ1v) is 7.52. The maximum Gasteiger partial charge on any atom is 0.211 e. The molecule has 0 unspecified atom stereocenters. The number of hydrogen-bond donors (Lipinski definition) is 1. The molecule has 0 saturated heterocycles. The Labute approximate surface area is 99.2 Å². The summed E-state index contributed by atoms with van der Waals surface area (Å²) < 4.78 is 28.9. The summed E-state index contributed by atoms with van der Waals surface area (Å²) >= 11 is 0. The van der Waals surface area contributed by atoms with Crippen molar-refractivity contribution in [1.82, 2.24) is 9.62 Å². The molecule has 0 spiro atoms. The van der Waals surface area contributed by atoms with Crippen molar-refractivity contribution in [3.05, 3.63) is 0 Å². The minimum atomic E-state index is -3.03. The average Bonchev–Trinajstić information content (AvgIpc) is 2.20. The predicted molar refractivity (Wildman–Crippen MR) is 66.1 cm³/mol. The smallest absolute Gasteiger partial charge is 0.211 e. The van der Waals surface area contributed by atoms with Crippen molar-refractivity contribution in [3.8, 4) is 0 Å². The van der Waals surface area contributed by atoms with Gasteiger partial charge in [0.15, 0.2) is 0 Å². The first-order valence-electron chi connectivity index (χ1n) is 5.67. The lowest BCUT2D eigenvalue weighted by atomic mass is 10.4. The van der Waals surface area contributed by atoms with Crippen LogP contribution in [-0.2, 0) is 14.8 Å². The van der Waals surface area contributed by atoms with Gasteiger partial charge in [0.25, 0.3) is 0 Å². The molecule has 0 aromatic rings. The van der Waals surface area contributed by atoms with Crippen LogP contribution in [0.25, 0.3) is 0 Å². The Balaban J connectivity index is 3.50. The van der Waals surface area contributed by atoms with E-state index in [1.54, 1.807) is 7.11 Å². The summed E-state index contributed by atoms with van der Waals surface area (Å²) in [5.74, 6) is 0. The molecule has 0 bridgehead atoms. The normalized spacial score (nSPS) is 12.2. The summed E-state index contributed by atoms with van der Waals surface area (Å²) in [5.41, 5.74) is 0. The molecule has 0 rings (SSSR count). The molecule has 0 amide bonds. The van der Waals surface area contributed by atoms with Crippen molar-refractivity contribution in [2.24, 2.45) is 0 Å². The van der Waals surface area contributed by atoms with Gasteiger partial charge >= 0.3 is 0 Å². The van der Waals surface area contributed by atoms with Crippen LogP contribution in [0.3, 0.4) is 0 Å². The second-order valence-electron chi connectivity index (χ2n) is 3.70. The molecule has 0 heterocycles. The molecule has 16 heavy (non-hydrogen) atoms. The van der Waals surface area contributed by atoms with E-state index in [0.717, 1.165) is 32.5 Å². The molecule has 0 fully saturated rings. The van der Waals surface area contributed by atoms with Crippen LogP contribution < -0.4 is 5.32 Å². The highest BCUT2D eigenvalue weighted by molar-refractivity contribution is 7.88. The van der Waals surface area contributed by atoms with Gasteiger partial charge in [-0.25, -0.2) is 12.7 Å².